The monoisotopic (exact) mass is 759 g/mol. The van der Waals surface area contributed by atoms with Crippen molar-refractivity contribution in [2.24, 2.45) is 0 Å². The highest BCUT2D eigenvalue weighted by molar-refractivity contribution is 7.25. The number of rotatable bonds is 6. The van der Waals surface area contributed by atoms with Crippen LogP contribution in [0.3, 0.4) is 0 Å². The predicted molar refractivity (Wildman–Crippen MR) is 244 cm³/mol. The highest BCUT2D eigenvalue weighted by Crippen LogP contribution is 2.48. The Balaban J connectivity index is 1.15. The van der Waals surface area contributed by atoms with Crippen molar-refractivity contribution in [2.75, 3.05) is 4.90 Å². The van der Waals surface area contributed by atoms with Crippen LogP contribution in [0, 0.1) is 0 Å². The van der Waals surface area contributed by atoms with Crippen molar-refractivity contribution in [3.63, 3.8) is 0 Å². The number of aromatic nitrogens is 2. The van der Waals surface area contributed by atoms with Gasteiger partial charge in [0.2, 0.25) is 5.89 Å². The Morgan fingerprint density at radius 1 is 0.448 bits per heavy atom. The molecule has 0 spiro atoms. The SMILES string of the molecule is c1ccc(-c2nc3cccc(N(c4ccccc4-c4ccccc4)c4cccc5c4ccc4c6ccccc6n(-c6ccc7c(c6)sc6ccccc67)c54)c3o2)cc1. The van der Waals surface area contributed by atoms with Gasteiger partial charge in [0.1, 0.15) is 5.52 Å². The summed E-state index contributed by atoms with van der Waals surface area (Å²) in [6.45, 7) is 0. The van der Waals surface area contributed by atoms with Crippen LogP contribution in [-0.2, 0) is 0 Å². The topological polar surface area (TPSA) is 34.2 Å². The molecule has 0 aliphatic carbocycles. The zero-order chi connectivity index (χ0) is 38.2. The van der Waals surface area contributed by atoms with Crippen molar-refractivity contribution in [3.05, 3.63) is 200 Å². The number of hydrogen-bond donors (Lipinski definition) is 0. The minimum Gasteiger partial charge on any atom is -0.434 e. The Morgan fingerprint density at radius 3 is 1.95 bits per heavy atom. The molecule has 0 saturated heterocycles. The Kier molecular flexibility index (Phi) is 7.37. The average Bonchev–Trinajstić information content (AvgIpc) is 4.00. The molecule has 0 amide bonds. The number of anilines is 3. The summed E-state index contributed by atoms with van der Waals surface area (Å²) < 4.78 is 11.8. The van der Waals surface area contributed by atoms with Gasteiger partial charge in [0.05, 0.1) is 28.1 Å². The third-order valence-corrected chi connectivity index (χ3v) is 12.5. The van der Waals surface area contributed by atoms with E-state index in [0.29, 0.717) is 5.89 Å². The highest BCUT2D eigenvalue weighted by atomic mass is 32.1. The summed E-state index contributed by atoms with van der Waals surface area (Å²) in [4.78, 5) is 7.38. The summed E-state index contributed by atoms with van der Waals surface area (Å²) in [5, 5.41) is 7.34. The maximum atomic E-state index is 6.75. The van der Waals surface area contributed by atoms with E-state index in [0.717, 1.165) is 55.9 Å². The van der Waals surface area contributed by atoms with Crippen molar-refractivity contribution in [1.82, 2.24) is 9.55 Å². The second kappa shape index (κ2) is 13.1. The number of benzene rings is 9. The van der Waals surface area contributed by atoms with Gasteiger partial charge in [0.15, 0.2) is 5.58 Å². The summed E-state index contributed by atoms with van der Waals surface area (Å²) in [5.41, 5.74) is 11.2. The van der Waals surface area contributed by atoms with E-state index < -0.39 is 0 Å². The molecule has 3 aromatic heterocycles. The lowest BCUT2D eigenvalue weighted by atomic mass is 9.99. The van der Waals surface area contributed by atoms with Crippen LogP contribution in [0.1, 0.15) is 0 Å². The standard InChI is InChI=1S/C53H33N3OS/c1-3-15-34(16-4-1)37-19-7-10-24-45(37)56(48-27-14-23-44-52(48)57-53(54-44)35-17-5-2-6-18-35)47-26-13-22-42-39(47)31-32-43-38-20-8-11-25-46(38)55(51(42)43)36-29-30-41-40-21-9-12-28-49(40)58-50(41)33-36/h1-33H. The molecule has 0 atom stereocenters. The number of thiophene rings is 1. The molecule has 12 rings (SSSR count). The van der Waals surface area contributed by atoms with Gasteiger partial charge in [-0.15, -0.1) is 11.3 Å². The van der Waals surface area contributed by atoms with E-state index in [1.165, 1.54) is 47.4 Å². The lowest BCUT2D eigenvalue weighted by molar-refractivity contribution is 0.620. The fourth-order valence-corrected chi connectivity index (χ4v) is 9.99. The average molecular weight is 760 g/mol. The van der Waals surface area contributed by atoms with Crippen LogP contribution in [-0.4, -0.2) is 9.55 Å². The van der Waals surface area contributed by atoms with Crippen molar-refractivity contribution < 1.29 is 4.42 Å². The molecule has 4 nitrogen and oxygen atoms in total. The van der Waals surface area contributed by atoms with Gasteiger partial charge in [0, 0.05) is 58.5 Å². The number of oxazole rings is 1. The number of fused-ring (bicyclic) bond motifs is 9. The quantitative estimate of drug-likeness (QED) is 0.169. The van der Waals surface area contributed by atoms with E-state index in [2.05, 4.69) is 173 Å². The third kappa shape index (κ3) is 5.04. The van der Waals surface area contributed by atoms with E-state index in [-0.39, 0.29) is 0 Å². The molecule has 5 heteroatoms. The molecular weight excluding hydrogens is 727 g/mol. The Morgan fingerprint density at radius 2 is 1.07 bits per heavy atom. The van der Waals surface area contributed by atoms with Gasteiger partial charge < -0.3 is 13.9 Å². The summed E-state index contributed by atoms with van der Waals surface area (Å²) in [6, 6.07) is 71.4. The lowest BCUT2D eigenvalue weighted by Crippen LogP contribution is -2.12. The normalized spacial score (nSPS) is 11.8. The molecule has 272 valence electrons. The van der Waals surface area contributed by atoms with Gasteiger partial charge in [-0.25, -0.2) is 4.98 Å². The van der Waals surface area contributed by atoms with E-state index in [1.54, 1.807) is 0 Å². The molecule has 3 heterocycles. The van der Waals surface area contributed by atoms with Crippen LogP contribution in [0.2, 0.25) is 0 Å². The zero-order valence-electron chi connectivity index (χ0n) is 31.2. The van der Waals surface area contributed by atoms with Gasteiger partial charge in [-0.2, -0.15) is 0 Å². The van der Waals surface area contributed by atoms with Crippen LogP contribution >= 0.6 is 11.3 Å². The molecule has 0 fully saturated rings. The minimum absolute atomic E-state index is 0.596. The minimum atomic E-state index is 0.596. The van der Waals surface area contributed by atoms with Crippen molar-refractivity contribution in [3.8, 4) is 28.3 Å². The first-order chi connectivity index (χ1) is 28.8. The molecule has 0 unspecified atom stereocenters. The second-order valence-electron chi connectivity index (χ2n) is 14.7. The van der Waals surface area contributed by atoms with E-state index in [4.69, 9.17) is 9.40 Å². The second-order valence-corrected chi connectivity index (χ2v) is 15.8. The first-order valence-electron chi connectivity index (χ1n) is 19.5. The van der Waals surface area contributed by atoms with Gasteiger partial charge in [-0.05, 0) is 66.2 Å². The first kappa shape index (κ1) is 32.7. The maximum absolute atomic E-state index is 6.75. The maximum Gasteiger partial charge on any atom is 0.227 e. The van der Waals surface area contributed by atoms with Gasteiger partial charge >= 0.3 is 0 Å². The lowest BCUT2D eigenvalue weighted by Gasteiger charge is -2.29. The molecule has 0 N–H and O–H groups in total. The molecule has 0 aliphatic rings. The zero-order valence-corrected chi connectivity index (χ0v) is 32.0. The Bertz CT molecular complexity index is 3530. The summed E-state index contributed by atoms with van der Waals surface area (Å²) in [5.74, 6) is 0.596. The van der Waals surface area contributed by atoms with Crippen LogP contribution in [0.4, 0.5) is 17.1 Å². The molecule has 12 aromatic rings. The summed E-state index contributed by atoms with van der Waals surface area (Å²) in [7, 11) is 0. The van der Waals surface area contributed by atoms with Crippen LogP contribution in [0.25, 0.3) is 92.1 Å². The molecular formula is C53H33N3OS. The van der Waals surface area contributed by atoms with E-state index >= 15 is 0 Å². The molecule has 0 radical (unpaired) electrons. The van der Waals surface area contributed by atoms with Crippen LogP contribution < -0.4 is 4.90 Å². The Hall–Kier alpha value is -7.47. The Labute approximate surface area is 338 Å². The largest absolute Gasteiger partial charge is 0.434 e. The van der Waals surface area contributed by atoms with Gasteiger partial charge in [-0.1, -0.05) is 140 Å². The van der Waals surface area contributed by atoms with E-state index in [9.17, 15) is 0 Å². The number of para-hydroxylation sites is 3. The molecule has 0 aliphatic heterocycles. The smallest absolute Gasteiger partial charge is 0.227 e. The third-order valence-electron chi connectivity index (χ3n) is 11.4. The summed E-state index contributed by atoms with van der Waals surface area (Å²) >= 11 is 1.86. The van der Waals surface area contributed by atoms with Crippen molar-refractivity contribution in [2.45, 2.75) is 0 Å². The van der Waals surface area contributed by atoms with Crippen molar-refractivity contribution in [1.29, 1.82) is 0 Å². The van der Waals surface area contributed by atoms with E-state index in [1.807, 2.05) is 47.7 Å². The molecule has 9 aromatic carbocycles. The van der Waals surface area contributed by atoms with Crippen molar-refractivity contribution >= 4 is 92.2 Å². The van der Waals surface area contributed by atoms with Crippen LogP contribution in [0.15, 0.2) is 205 Å². The fraction of sp³-hybridized carbons (Fsp3) is 0. The fourth-order valence-electron chi connectivity index (χ4n) is 8.85. The van der Waals surface area contributed by atoms with Gasteiger partial charge in [0.25, 0.3) is 0 Å². The molecule has 0 bridgehead atoms. The number of nitrogens with zero attached hydrogens (tertiary/aromatic N) is 3. The molecule has 58 heavy (non-hydrogen) atoms. The van der Waals surface area contributed by atoms with Gasteiger partial charge in [-0.3, -0.25) is 0 Å². The number of hydrogen-bond acceptors (Lipinski definition) is 4. The molecule has 0 saturated carbocycles. The van der Waals surface area contributed by atoms with Crippen LogP contribution in [0.5, 0.6) is 0 Å². The first-order valence-corrected chi connectivity index (χ1v) is 20.4. The predicted octanol–water partition coefficient (Wildman–Crippen LogP) is 15.2. The summed E-state index contributed by atoms with van der Waals surface area (Å²) in [6.07, 6.45) is 0. The highest BCUT2D eigenvalue weighted by Gasteiger charge is 2.25.